The second-order valence-electron chi connectivity index (χ2n) is 8.92. The summed E-state index contributed by atoms with van der Waals surface area (Å²) in [6.45, 7) is 9.13. The smallest absolute Gasteiger partial charge is 0.189 e. The molecule has 0 spiro atoms. The Balaban J connectivity index is 2.30. The molecule has 1 unspecified atom stereocenters. The average Bonchev–Trinajstić information content (AvgIpc) is 3.08. The van der Waals surface area contributed by atoms with Gasteiger partial charge in [-0.3, -0.25) is 0 Å². The Kier molecular flexibility index (Phi) is 6.71. The maximum Gasteiger partial charge on any atom is 0.189 e. The van der Waals surface area contributed by atoms with E-state index in [0.717, 1.165) is 17.2 Å². The van der Waals surface area contributed by atoms with Crippen molar-refractivity contribution >= 4 is 23.6 Å². The fourth-order valence-electron chi connectivity index (χ4n) is 5.70. The zero-order valence-electron chi connectivity index (χ0n) is 21.2. The fourth-order valence-corrected chi connectivity index (χ4v) is 11.8. The van der Waals surface area contributed by atoms with Crippen molar-refractivity contribution in [1.82, 2.24) is 0 Å². The van der Waals surface area contributed by atoms with Crippen molar-refractivity contribution in [2.24, 2.45) is 5.92 Å². The SMILES string of the molecule is COc1ccccc1[Si](C1=C(C)C(C)=C(C)C1C)(c1ccccc1OC)c1ccccc1OC. The topological polar surface area (TPSA) is 27.7 Å². The standard InChI is InChI=1S/C30H34O3Si/c1-20-21(2)23(4)30(22(20)3)34(27-17-11-8-14-24(27)31-5,28-18-12-9-15-25(28)32-6)29-19-13-10-16-26(29)33-7/h8-19,22H,1-7H3. The molecule has 0 aromatic heterocycles. The van der Waals surface area contributed by atoms with Crippen molar-refractivity contribution in [3.63, 3.8) is 0 Å². The number of para-hydroxylation sites is 3. The van der Waals surface area contributed by atoms with Gasteiger partial charge in [0.1, 0.15) is 17.2 Å². The van der Waals surface area contributed by atoms with Gasteiger partial charge in [0, 0.05) is 0 Å². The molecule has 34 heavy (non-hydrogen) atoms. The predicted octanol–water partition coefficient (Wildman–Crippen LogP) is 5.02. The Morgan fingerprint density at radius 3 is 1.21 bits per heavy atom. The van der Waals surface area contributed by atoms with Crippen molar-refractivity contribution in [3.8, 4) is 17.2 Å². The number of ether oxygens (including phenoxy) is 3. The summed E-state index contributed by atoms with van der Waals surface area (Å²) < 4.78 is 18.1. The van der Waals surface area contributed by atoms with Crippen LogP contribution in [-0.2, 0) is 0 Å². The largest absolute Gasteiger partial charge is 0.497 e. The predicted molar refractivity (Wildman–Crippen MR) is 144 cm³/mol. The molecule has 0 saturated carbocycles. The first-order valence-electron chi connectivity index (χ1n) is 11.7. The van der Waals surface area contributed by atoms with Gasteiger partial charge in [-0.05, 0) is 66.0 Å². The van der Waals surface area contributed by atoms with E-state index in [0.29, 0.717) is 0 Å². The van der Waals surface area contributed by atoms with E-state index < -0.39 is 8.07 Å². The third-order valence-corrected chi connectivity index (χ3v) is 12.9. The van der Waals surface area contributed by atoms with Crippen LogP contribution in [0.4, 0.5) is 0 Å². The van der Waals surface area contributed by atoms with Crippen molar-refractivity contribution in [1.29, 1.82) is 0 Å². The van der Waals surface area contributed by atoms with Gasteiger partial charge in [-0.2, -0.15) is 0 Å². The van der Waals surface area contributed by atoms with Crippen LogP contribution < -0.4 is 29.8 Å². The molecule has 1 atom stereocenters. The molecule has 3 aromatic carbocycles. The fraction of sp³-hybridized carbons (Fsp3) is 0.267. The summed E-state index contributed by atoms with van der Waals surface area (Å²) in [5.41, 5.74) is 4.16. The molecular formula is C30H34O3Si. The van der Waals surface area contributed by atoms with Gasteiger partial charge < -0.3 is 14.2 Å². The monoisotopic (exact) mass is 470 g/mol. The van der Waals surface area contributed by atoms with Crippen molar-refractivity contribution < 1.29 is 14.2 Å². The lowest BCUT2D eigenvalue weighted by Gasteiger charge is -2.40. The van der Waals surface area contributed by atoms with Crippen molar-refractivity contribution in [3.05, 3.63) is 94.7 Å². The van der Waals surface area contributed by atoms with Gasteiger partial charge in [0.05, 0.1) is 21.3 Å². The Bertz CT molecular complexity index is 1160. The lowest BCUT2D eigenvalue weighted by atomic mass is 10.1. The molecule has 0 N–H and O–H groups in total. The number of allylic oxidation sites excluding steroid dienone is 4. The summed E-state index contributed by atoms with van der Waals surface area (Å²) >= 11 is 0. The number of methoxy groups -OCH3 is 3. The number of hydrogen-bond acceptors (Lipinski definition) is 3. The zero-order valence-corrected chi connectivity index (χ0v) is 22.2. The summed E-state index contributed by atoms with van der Waals surface area (Å²) in [6, 6.07) is 25.4. The van der Waals surface area contributed by atoms with Gasteiger partial charge in [-0.1, -0.05) is 77.9 Å². The van der Waals surface area contributed by atoms with E-state index in [2.05, 4.69) is 82.3 Å². The quantitative estimate of drug-likeness (QED) is 0.358. The summed E-state index contributed by atoms with van der Waals surface area (Å²) in [4.78, 5) is 0. The van der Waals surface area contributed by atoms with E-state index in [1.807, 2.05) is 18.2 Å². The van der Waals surface area contributed by atoms with Crippen LogP contribution >= 0.6 is 0 Å². The highest BCUT2D eigenvalue weighted by Gasteiger charge is 2.52. The lowest BCUT2D eigenvalue weighted by molar-refractivity contribution is 0.415. The van der Waals surface area contributed by atoms with Gasteiger partial charge >= 0.3 is 0 Å². The summed E-state index contributed by atoms with van der Waals surface area (Å²) in [5, 5.41) is 5.07. The van der Waals surface area contributed by atoms with Crippen LogP contribution in [0, 0.1) is 5.92 Å². The first-order chi connectivity index (χ1) is 16.4. The van der Waals surface area contributed by atoms with Crippen molar-refractivity contribution in [2.45, 2.75) is 27.7 Å². The highest BCUT2D eigenvalue weighted by molar-refractivity contribution is 7.17. The molecule has 0 heterocycles. The molecule has 0 fully saturated rings. The molecule has 3 nitrogen and oxygen atoms in total. The average molecular weight is 471 g/mol. The minimum atomic E-state index is -2.93. The summed E-state index contributed by atoms with van der Waals surface area (Å²) in [7, 11) is 2.35. The van der Waals surface area contributed by atoms with Gasteiger partial charge in [0.2, 0.25) is 0 Å². The second kappa shape index (κ2) is 9.55. The molecule has 0 amide bonds. The highest BCUT2D eigenvalue weighted by atomic mass is 28.3. The van der Waals surface area contributed by atoms with Crippen LogP contribution in [0.5, 0.6) is 17.2 Å². The molecule has 0 radical (unpaired) electrons. The molecule has 0 bridgehead atoms. The minimum absolute atomic E-state index is 0.284. The molecule has 4 heteroatoms. The molecule has 176 valence electrons. The first kappa shape index (κ1) is 23.9. The Morgan fingerprint density at radius 1 is 0.559 bits per heavy atom. The highest BCUT2D eigenvalue weighted by Crippen LogP contribution is 2.43. The van der Waals surface area contributed by atoms with Gasteiger partial charge in [0.25, 0.3) is 0 Å². The Morgan fingerprint density at radius 2 is 0.912 bits per heavy atom. The van der Waals surface area contributed by atoms with Gasteiger partial charge in [-0.15, -0.1) is 0 Å². The van der Waals surface area contributed by atoms with Gasteiger partial charge in [-0.25, -0.2) is 0 Å². The first-order valence-corrected chi connectivity index (χ1v) is 13.7. The van der Waals surface area contributed by atoms with Crippen LogP contribution in [-0.4, -0.2) is 29.4 Å². The second-order valence-corrected chi connectivity index (χ2v) is 12.6. The number of rotatable bonds is 7. The van der Waals surface area contributed by atoms with Crippen LogP contribution in [0.3, 0.4) is 0 Å². The third-order valence-electron chi connectivity index (χ3n) is 7.58. The minimum Gasteiger partial charge on any atom is -0.497 e. The lowest BCUT2D eigenvalue weighted by Crippen LogP contribution is -2.70. The molecular weight excluding hydrogens is 436 g/mol. The maximum absolute atomic E-state index is 6.04. The van der Waals surface area contributed by atoms with Crippen LogP contribution in [0.1, 0.15) is 27.7 Å². The van der Waals surface area contributed by atoms with E-state index in [9.17, 15) is 0 Å². The van der Waals surface area contributed by atoms with E-state index in [4.69, 9.17) is 14.2 Å². The van der Waals surface area contributed by atoms with Crippen LogP contribution in [0.2, 0.25) is 0 Å². The van der Waals surface area contributed by atoms with E-state index in [1.54, 1.807) is 21.3 Å². The van der Waals surface area contributed by atoms with Crippen LogP contribution in [0.15, 0.2) is 94.7 Å². The summed E-state index contributed by atoms with van der Waals surface area (Å²) in [6.07, 6.45) is 0. The number of benzene rings is 3. The van der Waals surface area contributed by atoms with Crippen LogP contribution in [0.25, 0.3) is 0 Å². The molecule has 1 aliphatic rings. The van der Waals surface area contributed by atoms with Gasteiger partial charge in [0.15, 0.2) is 8.07 Å². The molecule has 4 rings (SSSR count). The molecule has 0 aliphatic heterocycles. The van der Waals surface area contributed by atoms with E-state index >= 15 is 0 Å². The van der Waals surface area contributed by atoms with E-state index in [-0.39, 0.29) is 5.92 Å². The Labute approximate surface area is 204 Å². The van der Waals surface area contributed by atoms with Crippen molar-refractivity contribution in [2.75, 3.05) is 21.3 Å². The normalized spacial score (nSPS) is 16.1. The maximum atomic E-state index is 6.04. The number of hydrogen-bond donors (Lipinski definition) is 0. The molecule has 0 saturated heterocycles. The molecule has 1 aliphatic carbocycles. The van der Waals surface area contributed by atoms with E-state index in [1.165, 1.54) is 37.5 Å². The third kappa shape index (κ3) is 3.48. The zero-order chi connectivity index (χ0) is 24.5. The molecule has 3 aromatic rings. The Hall–Kier alpha value is -3.24. The summed E-state index contributed by atoms with van der Waals surface area (Å²) in [5.74, 6) is 2.95.